The minimum atomic E-state index is -0.211. The van der Waals surface area contributed by atoms with E-state index in [1.807, 2.05) is 0 Å². The zero-order valence-electron chi connectivity index (χ0n) is 55.3. The van der Waals surface area contributed by atoms with Gasteiger partial charge in [0.15, 0.2) is 0 Å². The molecule has 0 aromatic heterocycles. The van der Waals surface area contributed by atoms with Crippen molar-refractivity contribution in [2.45, 2.75) is 244 Å². The van der Waals surface area contributed by atoms with E-state index in [9.17, 15) is 52.7 Å². The van der Waals surface area contributed by atoms with Crippen molar-refractivity contribution in [1.29, 1.82) is 0 Å². The molecule has 22 heteroatoms. The number of rotatable bonds is 19. The fraction of sp³-hybridized carbons (Fsp3) is 0.810. The molecule has 0 radical (unpaired) electrons. The van der Waals surface area contributed by atoms with E-state index in [1.54, 1.807) is 76.2 Å². The highest BCUT2D eigenvalue weighted by molar-refractivity contribution is 5.68. The molecule has 0 spiro atoms. The molecule has 0 saturated heterocycles. The topological polar surface area (TPSA) is 289 Å². The van der Waals surface area contributed by atoms with Gasteiger partial charge in [-0.25, -0.2) is 0 Å². The van der Waals surface area contributed by atoms with Crippen molar-refractivity contribution in [3.05, 3.63) is 0 Å². The molecule has 0 amide bonds. The van der Waals surface area contributed by atoms with Crippen molar-refractivity contribution >= 4 is 65.7 Å². The van der Waals surface area contributed by atoms with Gasteiger partial charge in [0, 0.05) is 76.2 Å². The first-order valence-electron chi connectivity index (χ1n) is 27.8. The van der Waals surface area contributed by atoms with Crippen LogP contribution in [0.3, 0.4) is 0 Å². The molecular formula is C58H120O22. The molecule has 0 aliphatic carbocycles. The number of carbonyl (C=O) groups excluding carboxylic acids is 11. The Hall–Kier alpha value is -5.83. The Morgan fingerprint density at radius 3 is 0.263 bits per heavy atom. The fourth-order valence-electron chi connectivity index (χ4n) is 3.59. The summed E-state index contributed by atoms with van der Waals surface area (Å²) in [7, 11) is 0. The molecule has 0 N–H and O–H groups in total. The van der Waals surface area contributed by atoms with E-state index >= 15 is 0 Å². The second-order valence-electron chi connectivity index (χ2n) is 14.3. The lowest BCUT2D eigenvalue weighted by molar-refractivity contribution is -0.141. The lowest BCUT2D eigenvalue weighted by Crippen LogP contribution is -1.95. The Balaban J connectivity index is -0.0000000553. The van der Waals surface area contributed by atoms with Crippen LogP contribution >= 0.6 is 0 Å². The third-order valence-corrected chi connectivity index (χ3v) is 6.24. The molecule has 0 heterocycles. The SMILES string of the molecule is CCCCCCC.CCCCCCC.CCOC(C)=O.CCOC(C)=O.CCOC(C)=O.CCOC(C)=O.CCOC(C)=O.CCOC(C)=O.CCOC(C)=O.CCOC(C)=O.CCOC(C)=O.CCOC(C)=O.CCOC(C)=O. The Bertz CT molecular complexity index is 998. The summed E-state index contributed by atoms with van der Waals surface area (Å²) in [5.41, 5.74) is 0. The molecule has 0 aromatic carbocycles. The summed E-state index contributed by atoms with van der Waals surface area (Å²) in [6, 6.07) is 0. The van der Waals surface area contributed by atoms with E-state index in [2.05, 4.69) is 79.8 Å². The van der Waals surface area contributed by atoms with Gasteiger partial charge in [-0.1, -0.05) is 91.9 Å². The number of esters is 11. The zero-order chi connectivity index (χ0) is 66.0. The van der Waals surface area contributed by atoms with Gasteiger partial charge >= 0.3 is 65.7 Å². The van der Waals surface area contributed by atoms with Gasteiger partial charge in [0.1, 0.15) is 0 Å². The summed E-state index contributed by atoms with van der Waals surface area (Å²) in [5.74, 6) is -2.32. The van der Waals surface area contributed by atoms with E-state index in [-0.39, 0.29) is 65.7 Å². The van der Waals surface area contributed by atoms with Gasteiger partial charge in [-0.15, -0.1) is 0 Å². The van der Waals surface area contributed by atoms with E-state index in [0.29, 0.717) is 72.7 Å². The van der Waals surface area contributed by atoms with Crippen molar-refractivity contribution < 1.29 is 105 Å². The van der Waals surface area contributed by atoms with Crippen molar-refractivity contribution in [1.82, 2.24) is 0 Å². The first-order valence-corrected chi connectivity index (χ1v) is 27.8. The normalized spacial score (nSPS) is 7.97. The first kappa shape index (κ1) is 106. The minimum Gasteiger partial charge on any atom is -0.466 e. The highest BCUT2D eigenvalue weighted by Crippen LogP contribution is 2.00. The zero-order valence-corrected chi connectivity index (χ0v) is 55.3. The number of hydrogen-bond acceptors (Lipinski definition) is 22. The number of ether oxygens (including phenoxy) is 11. The molecule has 0 aliphatic rings. The van der Waals surface area contributed by atoms with Gasteiger partial charge in [0.05, 0.1) is 72.7 Å². The molecule has 0 saturated carbocycles. The summed E-state index contributed by atoms with van der Waals surface area (Å²) in [5, 5.41) is 0. The summed E-state index contributed by atoms with van der Waals surface area (Å²) in [6.07, 6.45) is 14.0. The van der Waals surface area contributed by atoms with Gasteiger partial charge < -0.3 is 52.1 Å². The largest absolute Gasteiger partial charge is 0.466 e. The summed E-state index contributed by atoms with van der Waals surface area (Å²) < 4.78 is 48.4. The molecule has 0 aliphatic heterocycles. The van der Waals surface area contributed by atoms with Gasteiger partial charge in [-0.3, -0.25) is 52.7 Å². The molecule has 0 fully saturated rings. The second kappa shape index (κ2) is 109. The maximum Gasteiger partial charge on any atom is 0.302 e. The van der Waals surface area contributed by atoms with Crippen LogP contribution < -0.4 is 0 Å². The van der Waals surface area contributed by atoms with Crippen molar-refractivity contribution in [2.75, 3.05) is 72.7 Å². The van der Waals surface area contributed by atoms with Crippen LogP contribution in [0.2, 0.25) is 0 Å². The van der Waals surface area contributed by atoms with Crippen LogP contribution in [0.5, 0.6) is 0 Å². The number of carbonyl (C=O) groups is 11. The Morgan fingerprint density at radius 1 is 0.163 bits per heavy atom. The fourth-order valence-corrected chi connectivity index (χ4v) is 3.59. The van der Waals surface area contributed by atoms with E-state index in [1.165, 1.54) is 140 Å². The second-order valence-corrected chi connectivity index (χ2v) is 14.3. The third kappa shape index (κ3) is 296. The third-order valence-electron chi connectivity index (χ3n) is 6.24. The van der Waals surface area contributed by atoms with Crippen LogP contribution in [0.15, 0.2) is 0 Å². The molecular weight excluding hydrogens is 1050 g/mol. The maximum absolute atomic E-state index is 9.82. The van der Waals surface area contributed by atoms with Crippen LogP contribution in [0, 0.1) is 0 Å². The lowest BCUT2D eigenvalue weighted by atomic mass is 10.2. The predicted molar refractivity (Wildman–Crippen MR) is 314 cm³/mol. The van der Waals surface area contributed by atoms with E-state index < -0.39 is 0 Å². The molecule has 0 atom stereocenters. The quantitative estimate of drug-likeness (QED) is 0.0659. The van der Waals surface area contributed by atoms with Gasteiger partial charge in [-0.2, -0.15) is 0 Å². The van der Waals surface area contributed by atoms with Crippen molar-refractivity contribution in [2.24, 2.45) is 0 Å². The highest BCUT2D eigenvalue weighted by Gasteiger charge is 1.87. The highest BCUT2D eigenvalue weighted by atomic mass is 16.6. The van der Waals surface area contributed by atoms with Gasteiger partial charge in [0.2, 0.25) is 0 Å². The van der Waals surface area contributed by atoms with E-state index in [0.717, 1.165) is 0 Å². The Kier molecular flexibility index (Phi) is 144. The maximum atomic E-state index is 9.82. The summed E-state index contributed by atoms with van der Waals surface area (Å²) >= 11 is 0. The summed E-state index contributed by atoms with van der Waals surface area (Å²) in [4.78, 5) is 108. The molecule has 80 heavy (non-hydrogen) atoms. The van der Waals surface area contributed by atoms with Crippen LogP contribution in [0.1, 0.15) is 244 Å². The molecule has 0 unspecified atom stereocenters. The standard InChI is InChI=1S/2C7H16.11C4H8O2/c2*1-3-5-7-6-4-2;11*1-3-6-4(2)5/h2*3-7H2,1-2H3;11*3H2,1-2H3. The van der Waals surface area contributed by atoms with Crippen LogP contribution in [-0.4, -0.2) is 138 Å². The van der Waals surface area contributed by atoms with Gasteiger partial charge in [0.25, 0.3) is 0 Å². The number of hydrogen-bond donors (Lipinski definition) is 0. The molecule has 0 rings (SSSR count). The average molecular weight is 1170 g/mol. The van der Waals surface area contributed by atoms with Crippen molar-refractivity contribution in [3.63, 3.8) is 0 Å². The summed E-state index contributed by atoms with van der Waals surface area (Å²) in [6.45, 7) is 49.2. The van der Waals surface area contributed by atoms with Crippen LogP contribution in [0.25, 0.3) is 0 Å². The Labute approximate surface area is 486 Å². The smallest absolute Gasteiger partial charge is 0.302 e. The molecule has 0 bridgehead atoms. The van der Waals surface area contributed by atoms with Crippen LogP contribution in [-0.2, 0) is 105 Å². The monoisotopic (exact) mass is 1170 g/mol. The molecule has 484 valence electrons. The van der Waals surface area contributed by atoms with E-state index in [4.69, 9.17) is 0 Å². The Morgan fingerprint density at radius 2 is 0.237 bits per heavy atom. The van der Waals surface area contributed by atoms with Crippen LogP contribution in [0.4, 0.5) is 0 Å². The van der Waals surface area contributed by atoms with Gasteiger partial charge in [-0.05, 0) is 76.2 Å². The molecule has 0 aromatic rings. The number of unbranched alkanes of at least 4 members (excludes halogenated alkanes) is 8. The lowest BCUT2D eigenvalue weighted by Gasteiger charge is -1.90. The van der Waals surface area contributed by atoms with Crippen molar-refractivity contribution in [3.8, 4) is 0 Å². The first-order chi connectivity index (χ1) is 37.3. The minimum absolute atomic E-state index is 0.211. The predicted octanol–water partition coefficient (Wildman–Crippen LogP) is 12.2. The average Bonchev–Trinajstić information content (AvgIpc) is 3.31. The molecule has 22 nitrogen and oxygen atoms in total.